The molecule has 15 heavy (non-hydrogen) atoms. The van der Waals surface area contributed by atoms with Crippen LogP contribution in [0.3, 0.4) is 0 Å². The van der Waals surface area contributed by atoms with Crippen LogP contribution in [0.25, 0.3) is 0 Å². The predicted octanol–water partition coefficient (Wildman–Crippen LogP) is 0.407. The molecule has 0 amide bonds. The van der Waals surface area contributed by atoms with E-state index in [-0.39, 0.29) is 0 Å². The van der Waals surface area contributed by atoms with E-state index in [4.69, 9.17) is 5.84 Å². The van der Waals surface area contributed by atoms with Gasteiger partial charge in [0.15, 0.2) is 0 Å². The highest BCUT2D eigenvalue weighted by atomic mass is 17.0. The molecule has 0 rings (SSSR count). The van der Waals surface area contributed by atoms with E-state index in [1.54, 1.807) is 0 Å². The first-order valence-electron chi connectivity index (χ1n) is 5.17. The van der Waals surface area contributed by atoms with Crippen molar-refractivity contribution >= 4 is 0 Å². The van der Waals surface area contributed by atoms with Crippen molar-refractivity contribution < 1.29 is 10.0 Å². The third-order valence-electron chi connectivity index (χ3n) is 1.89. The van der Waals surface area contributed by atoms with E-state index < -0.39 is 5.09 Å². The van der Waals surface area contributed by atoms with Gasteiger partial charge < -0.3 is 4.90 Å². The SMILES string of the molecule is CCCN(CCC)CCN(N)O[N+](=O)[O-]. The fourth-order valence-electron chi connectivity index (χ4n) is 1.33. The van der Waals surface area contributed by atoms with Crippen molar-refractivity contribution in [1.29, 1.82) is 0 Å². The minimum absolute atomic E-state index is 0.320. The minimum Gasteiger partial charge on any atom is -0.302 e. The van der Waals surface area contributed by atoms with E-state index >= 15 is 0 Å². The molecule has 0 heterocycles. The van der Waals surface area contributed by atoms with Crippen molar-refractivity contribution in [2.45, 2.75) is 26.7 Å². The van der Waals surface area contributed by atoms with Gasteiger partial charge in [-0.1, -0.05) is 19.0 Å². The molecule has 7 nitrogen and oxygen atoms in total. The van der Waals surface area contributed by atoms with E-state index in [0.29, 0.717) is 13.1 Å². The smallest absolute Gasteiger partial charge is 0.302 e. The maximum absolute atomic E-state index is 9.95. The summed E-state index contributed by atoms with van der Waals surface area (Å²) in [7, 11) is 0. The van der Waals surface area contributed by atoms with Crippen molar-refractivity contribution in [3.8, 4) is 0 Å². The van der Waals surface area contributed by atoms with Gasteiger partial charge in [0.25, 0.3) is 0 Å². The van der Waals surface area contributed by atoms with Crippen molar-refractivity contribution in [3.63, 3.8) is 0 Å². The average Bonchev–Trinajstić information content (AvgIpc) is 2.14. The summed E-state index contributed by atoms with van der Waals surface area (Å²) in [6.45, 7) is 7.13. The molecule has 7 heteroatoms. The third kappa shape index (κ3) is 8.10. The molecular weight excluding hydrogens is 200 g/mol. The second-order valence-corrected chi connectivity index (χ2v) is 3.29. The van der Waals surface area contributed by atoms with Crippen LogP contribution in [0.2, 0.25) is 0 Å². The van der Waals surface area contributed by atoms with Gasteiger partial charge in [0.05, 0.1) is 6.54 Å². The first-order valence-corrected chi connectivity index (χ1v) is 5.17. The number of hydrazine groups is 1. The number of nitrogens with two attached hydrogens (primary N) is 1. The molecule has 0 aliphatic rings. The van der Waals surface area contributed by atoms with Gasteiger partial charge in [0.2, 0.25) is 0 Å². The summed E-state index contributed by atoms with van der Waals surface area (Å²) in [6.07, 6.45) is 2.11. The molecule has 0 fully saturated rings. The lowest BCUT2D eigenvalue weighted by Crippen LogP contribution is -2.40. The Hall–Kier alpha value is -0.920. The van der Waals surface area contributed by atoms with Crippen LogP contribution in [0.15, 0.2) is 0 Å². The lowest BCUT2D eigenvalue weighted by atomic mass is 10.3. The molecule has 0 bridgehead atoms. The van der Waals surface area contributed by atoms with Gasteiger partial charge in [0, 0.05) is 6.54 Å². The van der Waals surface area contributed by atoms with E-state index in [0.717, 1.165) is 31.1 Å². The zero-order chi connectivity index (χ0) is 11.7. The van der Waals surface area contributed by atoms with Gasteiger partial charge in [-0.25, -0.2) is 10.8 Å². The molecule has 0 aliphatic heterocycles. The normalized spacial score (nSPS) is 11.0. The Bertz CT molecular complexity index is 173. The predicted molar refractivity (Wildman–Crippen MR) is 56.0 cm³/mol. The van der Waals surface area contributed by atoms with Gasteiger partial charge in [-0.15, -0.1) is 10.1 Å². The van der Waals surface area contributed by atoms with Crippen LogP contribution in [0.4, 0.5) is 0 Å². The highest BCUT2D eigenvalue weighted by Gasteiger charge is 2.07. The second kappa shape index (κ2) is 8.39. The van der Waals surface area contributed by atoms with Crippen molar-refractivity contribution in [1.82, 2.24) is 10.1 Å². The Kier molecular flexibility index (Phi) is 7.88. The van der Waals surface area contributed by atoms with Crippen LogP contribution < -0.4 is 5.84 Å². The van der Waals surface area contributed by atoms with Gasteiger partial charge in [0.1, 0.15) is 0 Å². The minimum atomic E-state index is -0.913. The topological polar surface area (TPSA) is 84.9 Å². The highest BCUT2D eigenvalue weighted by Crippen LogP contribution is 1.94. The molecule has 0 aromatic heterocycles. The van der Waals surface area contributed by atoms with Crippen molar-refractivity contribution in [2.24, 2.45) is 5.84 Å². The number of hydroxylamine groups is 1. The molecule has 0 aromatic rings. The van der Waals surface area contributed by atoms with Crippen LogP contribution in [-0.2, 0) is 4.94 Å². The molecule has 0 saturated heterocycles. The Morgan fingerprint density at radius 1 is 1.20 bits per heavy atom. The van der Waals surface area contributed by atoms with Crippen LogP contribution in [-0.4, -0.2) is 41.3 Å². The zero-order valence-corrected chi connectivity index (χ0v) is 9.39. The maximum atomic E-state index is 9.95. The van der Waals surface area contributed by atoms with Crippen LogP contribution in [0.1, 0.15) is 26.7 Å². The van der Waals surface area contributed by atoms with E-state index in [9.17, 15) is 10.1 Å². The number of hydrogen-bond donors (Lipinski definition) is 1. The standard InChI is InChI=1S/C8H20N4O3/c1-3-5-10(6-4-2)7-8-11(9)15-12(13)14/h3-9H2,1-2H3. The fraction of sp³-hybridized carbons (Fsp3) is 1.00. The Morgan fingerprint density at radius 2 is 1.73 bits per heavy atom. The third-order valence-corrected chi connectivity index (χ3v) is 1.89. The van der Waals surface area contributed by atoms with Crippen molar-refractivity contribution in [2.75, 3.05) is 26.2 Å². The maximum Gasteiger partial charge on any atom is 0.313 e. The summed E-state index contributed by atoms with van der Waals surface area (Å²) in [4.78, 5) is 16.2. The summed E-state index contributed by atoms with van der Waals surface area (Å²) in [5, 5.41) is 9.79. The van der Waals surface area contributed by atoms with E-state index in [2.05, 4.69) is 23.7 Å². The van der Waals surface area contributed by atoms with E-state index in [1.807, 2.05) is 0 Å². The van der Waals surface area contributed by atoms with Crippen molar-refractivity contribution in [3.05, 3.63) is 10.1 Å². The lowest BCUT2D eigenvalue weighted by molar-refractivity contribution is -0.811. The molecule has 0 saturated carbocycles. The summed E-state index contributed by atoms with van der Waals surface area (Å²) in [5.74, 6) is 5.26. The zero-order valence-electron chi connectivity index (χ0n) is 9.39. The molecule has 0 radical (unpaired) electrons. The lowest BCUT2D eigenvalue weighted by Gasteiger charge is -2.22. The van der Waals surface area contributed by atoms with Crippen LogP contribution in [0.5, 0.6) is 0 Å². The van der Waals surface area contributed by atoms with Gasteiger partial charge in [-0.3, -0.25) is 0 Å². The van der Waals surface area contributed by atoms with Gasteiger partial charge >= 0.3 is 5.09 Å². The quantitative estimate of drug-likeness (QED) is 0.344. The average molecular weight is 220 g/mol. The molecule has 0 aliphatic carbocycles. The first-order chi connectivity index (χ1) is 7.10. The largest absolute Gasteiger partial charge is 0.313 e. The Labute approximate surface area is 89.8 Å². The molecule has 0 unspecified atom stereocenters. The number of nitrogens with zero attached hydrogens (tertiary/aromatic N) is 3. The highest BCUT2D eigenvalue weighted by molar-refractivity contribution is 4.56. The molecule has 2 N–H and O–H groups in total. The Morgan fingerprint density at radius 3 is 2.13 bits per heavy atom. The molecular formula is C8H20N4O3. The Balaban J connectivity index is 3.71. The van der Waals surface area contributed by atoms with E-state index in [1.165, 1.54) is 0 Å². The van der Waals surface area contributed by atoms with Crippen LogP contribution in [0, 0.1) is 10.1 Å². The molecule has 90 valence electrons. The summed E-state index contributed by atoms with van der Waals surface area (Å²) in [5.41, 5.74) is 0. The first kappa shape index (κ1) is 14.1. The molecule has 0 atom stereocenters. The van der Waals surface area contributed by atoms with Gasteiger partial charge in [-0.2, -0.15) is 0 Å². The number of rotatable bonds is 9. The summed E-state index contributed by atoms with van der Waals surface area (Å²) in [6, 6.07) is 0. The summed E-state index contributed by atoms with van der Waals surface area (Å²) >= 11 is 0. The molecule has 0 spiro atoms. The monoisotopic (exact) mass is 220 g/mol. The fourth-order valence-corrected chi connectivity index (χ4v) is 1.33. The summed E-state index contributed by atoms with van der Waals surface area (Å²) < 4.78 is 0. The van der Waals surface area contributed by atoms with Crippen LogP contribution >= 0.6 is 0 Å². The second-order valence-electron chi connectivity index (χ2n) is 3.29. The number of hydrogen-bond acceptors (Lipinski definition) is 6. The van der Waals surface area contributed by atoms with Gasteiger partial charge in [-0.05, 0) is 25.9 Å². The molecule has 0 aromatic carbocycles.